The maximum absolute atomic E-state index is 12.4. The van der Waals surface area contributed by atoms with E-state index >= 15 is 0 Å². The van der Waals surface area contributed by atoms with Crippen LogP contribution in [0.5, 0.6) is 0 Å². The van der Waals surface area contributed by atoms with Gasteiger partial charge >= 0.3 is 0 Å². The number of benzene rings is 1. The number of aryl methyl sites for hydroxylation is 2. The number of rotatable bonds is 5. The summed E-state index contributed by atoms with van der Waals surface area (Å²) >= 11 is 1.60. The number of hydrogen-bond acceptors (Lipinski definition) is 4. The minimum absolute atomic E-state index is 0.00922. The zero-order valence-electron chi connectivity index (χ0n) is 14.2. The summed E-state index contributed by atoms with van der Waals surface area (Å²) in [5.41, 5.74) is 3.91. The Morgan fingerprint density at radius 1 is 1.36 bits per heavy atom. The summed E-state index contributed by atoms with van der Waals surface area (Å²) in [5, 5.41) is 9.70. The zero-order chi connectivity index (χ0) is 17.4. The number of imidazole rings is 1. The third-order valence-electron chi connectivity index (χ3n) is 4.32. The van der Waals surface area contributed by atoms with Crippen molar-refractivity contribution >= 4 is 33.1 Å². The standard InChI is InChI=1S/C18H19N5OS/c1-3-17-22-23-15(11(2)21-18(23)25-17)10-20-16(24)8-12-9-19-14-7-5-4-6-13(12)14/h4-7,9,19H,3,8,10H2,1-2H3,(H,20,24). The van der Waals surface area contributed by atoms with E-state index in [9.17, 15) is 4.79 Å². The molecule has 128 valence electrons. The molecule has 0 aliphatic rings. The Balaban J connectivity index is 1.48. The molecule has 0 saturated heterocycles. The van der Waals surface area contributed by atoms with Crippen LogP contribution >= 0.6 is 11.3 Å². The molecule has 4 aromatic rings. The number of para-hydroxylation sites is 1. The van der Waals surface area contributed by atoms with Gasteiger partial charge in [0.25, 0.3) is 0 Å². The fraction of sp³-hybridized carbons (Fsp3) is 0.278. The Kier molecular flexibility index (Phi) is 4.01. The highest BCUT2D eigenvalue weighted by Crippen LogP contribution is 2.20. The zero-order valence-corrected chi connectivity index (χ0v) is 15.0. The van der Waals surface area contributed by atoms with Gasteiger partial charge in [-0.25, -0.2) is 9.50 Å². The first-order chi connectivity index (χ1) is 12.2. The molecular weight excluding hydrogens is 334 g/mol. The van der Waals surface area contributed by atoms with Crippen molar-refractivity contribution in [3.05, 3.63) is 52.4 Å². The lowest BCUT2D eigenvalue weighted by atomic mass is 10.1. The summed E-state index contributed by atoms with van der Waals surface area (Å²) < 4.78 is 1.85. The van der Waals surface area contributed by atoms with E-state index in [2.05, 4.69) is 27.3 Å². The predicted octanol–water partition coefficient (Wildman–Crippen LogP) is 3.00. The third-order valence-corrected chi connectivity index (χ3v) is 5.37. The highest BCUT2D eigenvalue weighted by molar-refractivity contribution is 7.16. The van der Waals surface area contributed by atoms with Crippen LogP contribution in [0, 0.1) is 6.92 Å². The summed E-state index contributed by atoms with van der Waals surface area (Å²) in [6.45, 7) is 4.46. The first-order valence-electron chi connectivity index (χ1n) is 8.31. The van der Waals surface area contributed by atoms with Crippen molar-refractivity contribution in [2.75, 3.05) is 0 Å². The Morgan fingerprint density at radius 2 is 2.20 bits per heavy atom. The fourth-order valence-electron chi connectivity index (χ4n) is 2.97. The first kappa shape index (κ1) is 15.8. The topological polar surface area (TPSA) is 75.1 Å². The minimum atomic E-state index is -0.00922. The van der Waals surface area contributed by atoms with Gasteiger partial charge in [0.05, 0.1) is 24.4 Å². The van der Waals surface area contributed by atoms with Gasteiger partial charge in [-0.2, -0.15) is 5.10 Å². The number of nitrogens with zero attached hydrogens (tertiary/aromatic N) is 3. The summed E-state index contributed by atoms with van der Waals surface area (Å²) in [6.07, 6.45) is 3.14. The van der Waals surface area contributed by atoms with Crippen LogP contribution in [-0.2, 0) is 24.2 Å². The molecule has 0 aliphatic heterocycles. The second kappa shape index (κ2) is 6.33. The molecule has 0 spiro atoms. The molecule has 0 bridgehead atoms. The van der Waals surface area contributed by atoms with Crippen molar-refractivity contribution in [2.45, 2.75) is 33.2 Å². The van der Waals surface area contributed by atoms with E-state index in [1.807, 2.05) is 41.9 Å². The number of aromatic amines is 1. The number of carbonyl (C=O) groups is 1. The number of amides is 1. The van der Waals surface area contributed by atoms with Crippen LogP contribution in [0.4, 0.5) is 0 Å². The van der Waals surface area contributed by atoms with E-state index in [1.54, 1.807) is 11.3 Å². The molecule has 3 aromatic heterocycles. The van der Waals surface area contributed by atoms with Crippen molar-refractivity contribution in [1.29, 1.82) is 0 Å². The van der Waals surface area contributed by atoms with Crippen LogP contribution in [0.1, 0.15) is 28.9 Å². The van der Waals surface area contributed by atoms with Gasteiger partial charge in [-0.1, -0.05) is 36.5 Å². The van der Waals surface area contributed by atoms with Crippen molar-refractivity contribution in [3.8, 4) is 0 Å². The maximum atomic E-state index is 12.4. The van der Waals surface area contributed by atoms with Crippen LogP contribution in [0.2, 0.25) is 0 Å². The normalized spacial score (nSPS) is 11.4. The molecule has 0 atom stereocenters. The number of aromatic nitrogens is 4. The summed E-state index contributed by atoms with van der Waals surface area (Å²) in [5.74, 6) is -0.00922. The van der Waals surface area contributed by atoms with Gasteiger partial charge in [0.1, 0.15) is 5.01 Å². The van der Waals surface area contributed by atoms with Crippen LogP contribution in [-0.4, -0.2) is 25.5 Å². The molecule has 0 unspecified atom stereocenters. The number of nitrogens with one attached hydrogen (secondary N) is 2. The lowest BCUT2D eigenvalue weighted by Crippen LogP contribution is -2.25. The van der Waals surface area contributed by atoms with E-state index in [0.29, 0.717) is 13.0 Å². The number of hydrogen-bond donors (Lipinski definition) is 2. The molecule has 25 heavy (non-hydrogen) atoms. The van der Waals surface area contributed by atoms with E-state index in [-0.39, 0.29) is 5.91 Å². The van der Waals surface area contributed by atoms with Crippen LogP contribution < -0.4 is 5.32 Å². The smallest absolute Gasteiger partial charge is 0.224 e. The Bertz CT molecular complexity index is 1060. The van der Waals surface area contributed by atoms with E-state index in [4.69, 9.17) is 0 Å². The number of carbonyl (C=O) groups excluding carboxylic acids is 1. The molecular formula is C18H19N5OS. The fourth-order valence-corrected chi connectivity index (χ4v) is 3.87. The second-order valence-corrected chi connectivity index (χ2v) is 7.04. The molecule has 2 N–H and O–H groups in total. The molecule has 6 nitrogen and oxygen atoms in total. The molecule has 0 radical (unpaired) electrons. The van der Waals surface area contributed by atoms with Crippen LogP contribution in [0.3, 0.4) is 0 Å². The summed E-state index contributed by atoms with van der Waals surface area (Å²) in [7, 11) is 0. The van der Waals surface area contributed by atoms with E-state index in [1.165, 1.54) is 0 Å². The van der Waals surface area contributed by atoms with Gasteiger partial charge < -0.3 is 10.3 Å². The molecule has 7 heteroatoms. The van der Waals surface area contributed by atoms with Crippen LogP contribution in [0.25, 0.3) is 15.9 Å². The second-order valence-electron chi connectivity index (χ2n) is 6.00. The Morgan fingerprint density at radius 3 is 3.04 bits per heavy atom. The van der Waals surface area contributed by atoms with Crippen LogP contribution in [0.15, 0.2) is 30.5 Å². The molecule has 3 heterocycles. The minimum Gasteiger partial charge on any atom is -0.361 e. The van der Waals surface area contributed by atoms with Gasteiger partial charge in [-0.15, -0.1) is 0 Å². The van der Waals surface area contributed by atoms with Crippen molar-refractivity contribution in [2.24, 2.45) is 0 Å². The quantitative estimate of drug-likeness (QED) is 0.579. The van der Waals surface area contributed by atoms with E-state index < -0.39 is 0 Å². The Hall–Kier alpha value is -2.67. The van der Waals surface area contributed by atoms with Crippen molar-refractivity contribution in [1.82, 2.24) is 24.9 Å². The maximum Gasteiger partial charge on any atom is 0.224 e. The average Bonchev–Trinajstić information content (AvgIpc) is 3.26. The predicted molar refractivity (Wildman–Crippen MR) is 98.8 cm³/mol. The Labute approximate surface area is 148 Å². The SMILES string of the molecule is CCc1nn2c(CNC(=O)Cc3c[nH]c4ccccc34)c(C)nc2s1. The lowest BCUT2D eigenvalue weighted by molar-refractivity contribution is -0.120. The molecule has 0 fully saturated rings. The van der Waals surface area contributed by atoms with Gasteiger partial charge in [0.15, 0.2) is 0 Å². The molecule has 0 aliphatic carbocycles. The summed E-state index contributed by atoms with van der Waals surface area (Å²) in [6, 6.07) is 8.00. The van der Waals surface area contributed by atoms with Gasteiger partial charge in [-0.05, 0) is 25.0 Å². The average molecular weight is 353 g/mol. The van der Waals surface area contributed by atoms with E-state index in [0.717, 1.165) is 44.2 Å². The highest BCUT2D eigenvalue weighted by atomic mass is 32.1. The van der Waals surface area contributed by atoms with Gasteiger partial charge in [0.2, 0.25) is 10.9 Å². The number of H-pyrrole nitrogens is 1. The van der Waals surface area contributed by atoms with Gasteiger partial charge in [0, 0.05) is 17.1 Å². The van der Waals surface area contributed by atoms with Gasteiger partial charge in [-0.3, -0.25) is 4.79 Å². The third kappa shape index (κ3) is 2.91. The molecule has 4 rings (SSSR count). The summed E-state index contributed by atoms with van der Waals surface area (Å²) in [4.78, 5) is 21.0. The molecule has 0 saturated carbocycles. The largest absolute Gasteiger partial charge is 0.361 e. The van der Waals surface area contributed by atoms with Crippen molar-refractivity contribution < 1.29 is 4.79 Å². The van der Waals surface area contributed by atoms with Crippen molar-refractivity contribution in [3.63, 3.8) is 0 Å². The number of fused-ring (bicyclic) bond motifs is 2. The first-order valence-corrected chi connectivity index (χ1v) is 9.13. The highest BCUT2D eigenvalue weighted by Gasteiger charge is 2.15. The lowest BCUT2D eigenvalue weighted by Gasteiger charge is -2.05. The monoisotopic (exact) mass is 353 g/mol. The molecule has 1 amide bonds. The molecule has 1 aromatic carbocycles.